The molecule has 2 fully saturated rings. The monoisotopic (exact) mass is 353 g/mol. The Bertz CT molecular complexity index is 478. The first-order chi connectivity index (χ1) is 9.84. The van der Waals surface area contributed by atoms with Crippen molar-refractivity contribution in [2.75, 3.05) is 32.9 Å². The van der Waals surface area contributed by atoms with E-state index in [4.69, 9.17) is 5.73 Å². The third kappa shape index (κ3) is 4.34. The van der Waals surface area contributed by atoms with Gasteiger partial charge in [0.2, 0.25) is 15.9 Å². The van der Waals surface area contributed by atoms with E-state index in [1.165, 1.54) is 10.6 Å². The topological polar surface area (TPSA) is 83.7 Å². The van der Waals surface area contributed by atoms with Gasteiger partial charge in [0.05, 0.1) is 6.26 Å². The molecule has 0 radical (unpaired) electrons. The lowest BCUT2D eigenvalue weighted by molar-refractivity contribution is -0.137. The maximum absolute atomic E-state index is 12.6. The zero-order valence-corrected chi connectivity index (χ0v) is 15.0. The summed E-state index contributed by atoms with van der Waals surface area (Å²) in [5.41, 5.74) is 5.76. The van der Waals surface area contributed by atoms with E-state index < -0.39 is 10.0 Å². The van der Waals surface area contributed by atoms with Gasteiger partial charge in [0, 0.05) is 32.1 Å². The van der Waals surface area contributed by atoms with Crippen molar-refractivity contribution in [3.63, 3.8) is 0 Å². The Morgan fingerprint density at radius 1 is 1.23 bits per heavy atom. The second-order valence-electron chi connectivity index (χ2n) is 6.37. The molecule has 6 nitrogen and oxygen atoms in total. The second-order valence-corrected chi connectivity index (χ2v) is 8.41. The van der Waals surface area contributed by atoms with Crippen LogP contribution in [-0.4, -0.2) is 62.5 Å². The number of carbonyl (C=O) groups excluding carboxylic acids is 1. The summed E-state index contributed by atoms with van der Waals surface area (Å²) in [5.74, 6) is 0.636. The van der Waals surface area contributed by atoms with Crippen LogP contribution < -0.4 is 5.73 Å². The molecule has 8 heteroatoms. The number of nitrogens with two attached hydrogens (primary N) is 1. The molecule has 1 saturated heterocycles. The van der Waals surface area contributed by atoms with Crippen LogP contribution in [-0.2, 0) is 14.8 Å². The molecule has 2 atom stereocenters. The van der Waals surface area contributed by atoms with E-state index in [1.807, 2.05) is 4.90 Å². The van der Waals surface area contributed by atoms with Gasteiger partial charge in [0.25, 0.3) is 0 Å². The number of rotatable bonds is 4. The highest BCUT2D eigenvalue weighted by molar-refractivity contribution is 7.88. The second kappa shape index (κ2) is 7.95. The molecule has 1 saturated carbocycles. The van der Waals surface area contributed by atoms with Gasteiger partial charge in [0.1, 0.15) is 0 Å². The lowest BCUT2D eigenvalue weighted by Gasteiger charge is -2.37. The molecule has 0 aromatic rings. The first-order valence-corrected chi connectivity index (χ1v) is 9.61. The third-order valence-corrected chi connectivity index (χ3v) is 6.44. The Morgan fingerprint density at radius 3 is 2.32 bits per heavy atom. The molecule has 0 unspecified atom stereocenters. The van der Waals surface area contributed by atoms with Crippen LogP contribution in [0, 0.1) is 11.8 Å². The predicted octanol–water partition coefficient (Wildman–Crippen LogP) is 0.666. The van der Waals surface area contributed by atoms with Crippen LogP contribution in [0.5, 0.6) is 0 Å². The summed E-state index contributed by atoms with van der Waals surface area (Å²) in [6.45, 7) is 1.89. The van der Waals surface area contributed by atoms with Crippen LogP contribution in [0.1, 0.15) is 32.1 Å². The number of halogens is 1. The van der Waals surface area contributed by atoms with E-state index in [-0.39, 0.29) is 30.3 Å². The largest absolute Gasteiger partial charge is 0.342 e. The predicted molar refractivity (Wildman–Crippen MR) is 89.3 cm³/mol. The Labute approximate surface area is 139 Å². The van der Waals surface area contributed by atoms with Crippen molar-refractivity contribution in [1.82, 2.24) is 9.21 Å². The number of carbonyl (C=O) groups is 1. The molecular weight excluding hydrogens is 326 g/mol. The fourth-order valence-electron chi connectivity index (χ4n) is 3.60. The lowest BCUT2D eigenvalue weighted by atomic mass is 9.93. The molecule has 1 heterocycles. The van der Waals surface area contributed by atoms with Crippen molar-refractivity contribution < 1.29 is 13.2 Å². The highest BCUT2D eigenvalue weighted by atomic mass is 35.5. The van der Waals surface area contributed by atoms with E-state index in [2.05, 4.69) is 0 Å². The van der Waals surface area contributed by atoms with E-state index in [0.29, 0.717) is 25.6 Å². The maximum Gasteiger partial charge on any atom is 0.226 e. The number of nitrogens with zero attached hydrogens (tertiary/aromatic N) is 2. The van der Waals surface area contributed by atoms with Crippen LogP contribution in [0.2, 0.25) is 0 Å². The van der Waals surface area contributed by atoms with Crippen molar-refractivity contribution in [3.8, 4) is 0 Å². The Hall–Kier alpha value is -0.370. The molecule has 1 aliphatic heterocycles. The number of amides is 1. The zero-order valence-electron chi connectivity index (χ0n) is 13.4. The summed E-state index contributed by atoms with van der Waals surface area (Å²) < 4.78 is 24.6. The van der Waals surface area contributed by atoms with Crippen LogP contribution in [0.3, 0.4) is 0 Å². The lowest BCUT2D eigenvalue weighted by Crippen LogP contribution is -2.49. The Kier molecular flexibility index (Phi) is 7.11. The third-order valence-electron chi connectivity index (χ3n) is 5.09. The van der Waals surface area contributed by atoms with Gasteiger partial charge in [-0.1, -0.05) is 6.42 Å². The van der Waals surface area contributed by atoms with Gasteiger partial charge < -0.3 is 10.6 Å². The smallest absolute Gasteiger partial charge is 0.226 e. The summed E-state index contributed by atoms with van der Waals surface area (Å²) in [4.78, 5) is 14.5. The Balaban J connectivity index is 0.00000242. The molecule has 1 aliphatic carbocycles. The number of piperidine rings is 1. The fourth-order valence-corrected chi connectivity index (χ4v) is 4.35. The molecule has 22 heavy (non-hydrogen) atoms. The van der Waals surface area contributed by atoms with E-state index in [1.54, 1.807) is 7.05 Å². The van der Waals surface area contributed by atoms with E-state index in [9.17, 15) is 13.2 Å². The summed E-state index contributed by atoms with van der Waals surface area (Å²) >= 11 is 0. The van der Waals surface area contributed by atoms with Gasteiger partial charge in [-0.25, -0.2) is 12.7 Å². The normalized spacial score (nSPS) is 27.0. The average Bonchev–Trinajstić information content (AvgIpc) is 2.93. The van der Waals surface area contributed by atoms with Crippen LogP contribution in [0.4, 0.5) is 0 Å². The summed E-state index contributed by atoms with van der Waals surface area (Å²) in [5, 5.41) is 0. The van der Waals surface area contributed by atoms with E-state index in [0.717, 1.165) is 32.1 Å². The van der Waals surface area contributed by atoms with Gasteiger partial charge in [-0.05, 0) is 38.1 Å². The van der Waals surface area contributed by atoms with Crippen LogP contribution in [0.15, 0.2) is 0 Å². The minimum atomic E-state index is -3.16. The number of hydrogen-bond acceptors (Lipinski definition) is 4. The highest BCUT2D eigenvalue weighted by Crippen LogP contribution is 2.33. The van der Waals surface area contributed by atoms with E-state index >= 15 is 0 Å². The molecule has 2 aliphatic rings. The van der Waals surface area contributed by atoms with Gasteiger partial charge >= 0.3 is 0 Å². The molecule has 2 N–H and O–H groups in total. The van der Waals surface area contributed by atoms with Gasteiger partial charge in [0.15, 0.2) is 0 Å². The van der Waals surface area contributed by atoms with Crippen LogP contribution >= 0.6 is 12.4 Å². The molecule has 130 valence electrons. The van der Waals surface area contributed by atoms with Crippen LogP contribution in [0.25, 0.3) is 0 Å². The van der Waals surface area contributed by atoms with Gasteiger partial charge in [-0.15, -0.1) is 12.4 Å². The number of likely N-dealkylation sites (tertiary alicyclic amines) is 1. The van der Waals surface area contributed by atoms with Crippen molar-refractivity contribution in [3.05, 3.63) is 0 Å². The SMILES string of the molecule is CN(C1CCN(C(=O)[C@@H]2CCC[C@@H]2CN)CC1)S(C)(=O)=O.Cl. The number of sulfonamides is 1. The molecule has 0 aromatic carbocycles. The number of hydrogen-bond donors (Lipinski definition) is 1. The molecule has 2 rings (SSSR count). The summed E-state index contributed by atoms with van der Waals surface area (Å²) in [6.07, 6.45) is 5.76. The molecule has 0 bridgehead atoms. The first kappa shape index (κ1) is 19.7. The minimum Gasteiger partial charge on any atom is -0.342 e. The average molecular weight is 354 g/mol. The van der Waals surface area contributed by atoms with Crippen molar-refractivity contribution in [2.45, 2.75) is 38.1 Å². The fraction of sp³-hybridized carbons (Fsp3) is 0.929. The quantitative estimate of drug-likeness (QED) is 0.805. The summed E-state index contributed by atoms with van der Waals surface area (Å²) in [7, 11) is -1.53. The highest BCUT2D eigenvalue weighted by Gasteiger charge is 2.36. The maximum atomic E-state index is 12.6. The molecule has 1 amide bonds. The minimum absolute atomic E-state index is 0. The van der Waals surface area contributed by atoms with Crippen molar-refractivity contribution in [2.24, 2.45) is 17.6 Å². The van der Waals surface area contributed by atoms with Gasteiger partial charge in [-0.3, -0.25) is 4.79 Å². The Morgan fingerprint density at radius 2 is 1.82 bits per heavy atom. The molecule has 0 aromatic heterocycles. The van der Waals surface area contributed by atoms with Crippen molar-refractivity contribution in [1.29, 1.82) is 0 Å². The molecule has 0 spiro atoms. The molecular formula is C14H28ClN3O3S. The van der Waals surface area contributed by atoms with Crippen molar-refractivity contribution >= 4 is 28.3 Å². The standard InChI is InChI=1S/C14H27N3O3S.ClH/c1-16(21(2,19)20)12-6-8-17(9-7-12)14(18)13-5-3-4-11(13)10-15;/h11-13H,3-10,15H2,1-2H3;1H/t11-,13-;/m1./s1. The zero-order chi connectivity index (χ0) is 15.6. The summed E-state index contributed by atoms with van der Waals surface area (Å²) in [6, 6.07) is 0.0120. The first-order valence-electron chi connectivity index (χ1n) is 7.76. The van der Waals surface area contributed by atoms with Gasteiger partial charge in [-0.2, -0.15) is 0 Å².